The zero-order valence-electron chi connectivity index (χ0n) is 12.1. The molecule has 0 amide bonds. The number of aromatic nitrogens is 2. The smallest absolute Gasteiger partial charge is 0.326 e. The second-order valence-electron chi connectivity index (χ2n) is 4.98. The molecule has 3 aromatic rings. The number of esters is 1. The number of rotatable bonds is 4. The lowest BCUT2D eigenvalue weighted by atomic mass is 10.2. The Kier molecular flexibility index (Phi) is 4.52. The molecule has 1 heterocycles. The van der Waals surface area contributed by atoms with E-state index < -0.39 is 5.97 Å². The minimum atomic E-state index is -0.480. The Morgan fingerprint density at radius 1 is 1.13 bits per heavy atom. The van der Waals surface area contributed by atoms with Crippen LogP contribution in [0.5, 0.6) is 0 Å². The van der Waals surface area contributed by atoms with Crippen molar-refractivity contribution in [1.29, 1.82) is 0 Å². The van der Waals surface area contributed by atoms with Crippen molar-refractivity contribution < 1.29 is 9.53 Å². The summed E-state index contributed by atoms with van der Waals surface area (Å²) in [5, 5.41) is 0.482. The lowest BCUT2D eigenvalue weighted by Crippen LogP contribution is -2.25. The Morgan fingerprint density at radius 2 is 1.87 bits per heavy atom. The molecule has 0 aliphatic heterocycles. The first kappa shape index (κ1) is 15.4. The first-order chi connectivity index (χ1) is 11.1. The molecule has 0 saturated carbocycles. The first-order valence-electron chi connectivity index (χ1n) is 6.98. The molecular weight excluding hydrogens is 360 g/mol. The van der Waals surface area contributed by atoms with Gasteiger partial charge in [0.15, 0.2) is 0 Å². The van der Waals surface area contributed by atoms with Crippen molar-refractivity contribution in [3.05, 3.63) is 75.2 Å². The van der Waals surface area contributed by atoms with Crippen LogP contribution in [0.4, 0.5) is 0 Å². The Bertz CT molecular complexity index is 904. The standard InChI is InChI=1S/C17H13BrN2O3/c18-13-7-5-12(6-8-13)10-23-16(21)9-20-11-19-15-4-2-1-3-14(15)17(20)22/h1-8,11H,9-10H2. The van der Waals surface area contributed by atoms with Gasteiger partial charge >= 0.3 is 5.97 Å². The van der Waals surface area contributed by atoms with Gasteiger partial charge in [-0.05, 0) is 29.8 Å². The highest BCUT2D eigenvalue weighted by atomic mass is 79.9. The van der Waals surface area contributed by atoms with Crippen LogP contribution in [0.3, 0.4) is 0 Å². The van der Waals surface area contributed by atoms with E-state index in [0.717, 1.165) is 10.0 Å². The molecule has 2 aromatic carbocycles. The quantitative estimate of drug-likeness (QED) is 0.660. The minimum absolute atomic E-state index is 0.160. The van der Waals surface area contributed by atoms with Crippen molar-refractivity contribution in [2.45, 2.75) is 13.2 Å². The molecule has 0 aliphatic carbocycles. The molecule has 3 rings (SSSR count). The van der Waals surface area contributed by atoms with E-state index in [2.05, 4.69) is 20.9 Å². The summed E-state index contributed by atoms with van der Waals surface area (Å²) in [6, 6.07) is 14.5. The van der Waals surface area contributed by atoms with Crippen LogP contribution in [-0.2, 0) is 22.7 Å². The fourth-order valence-corrected chi connectivity index (χ4v) is 2.41. The van der Waals surface area contributed by atoms with Crippen molar-refractivity contribution in [3.63, 3.8) is 0 Å². The Morgan fingerprint density at radius 3 is 2.65 bits per heavy atom. The van der Waals surface area contributed by atoms with Gasteiger partial charge in [0, 0.05) is 4.47 Å². The SMILES string of the molecule is O=C(Cn1cnc2ccccc2c1=O)OCc1ccc(Br)cc1. The van der Waals surface area contributed by atoms with E-state index >= 15 is 0 Å². The number of ether oxygens (including phenoxy) is 1. The van der Waals surface area contributed by atoms with Crippen LogP contribution in [0.25, 0.3) is 10.9 Å². The molecule has 6 heteroatoms. The average Bonchev–Trinajstić information content (AvgIpc) is 2.57. The molecule has 0 aliphatic rings. The maximum Gasteiger partial charge on any atom is 0.326 e. The van der Waals surface area contributed by atoms with Crippen molar-refractivity contribution in [2.75, 3.05) is 0 Å². The largest absolute Gasteiger partial charge is 0.459 e. The van der Waals surface area contributed by atoms with Crippen LogP contribution in [-0.4, -0.2) is 15.5 Å². The molecule has 0 fully saturated rings. The third kappa shape index (κ3) is 3.65. The summed E-state index contributed by atoms with van der Waals surface area (Å²) in [7, 11) is 0. The number of hydrogen-bond donors (Lipinski definition) is 0. The second kappa shape index (κ2) is 6.75. The number of para-hydroxylation sites is 1. The number of nitrogens with zero attached hydrogens (tertiary/aromatic N) is 2. The Hall–Kier alpha value is -2.47. The van der Waals surface area contributed by atoms with Crippen LogP contribution in [0.1, 0.15) is 5.56 Å². The molecule has 0 saturated heterocycles. The molecule has 0 bridgehead atoms. The van der Waals surface area contributed by atoms with Gasteiger partial charge < -0.3 is 4.74 Å². The molecule has 0 radical (unpaired) electrons. The van der Waals surface area contributed by atoms with E-state index in [1.165, 1.54) is 10.9 Å². The number of carbonyl (C=O) groups is 1. The number of halogens is 1. The fourth-order valence-electron chi connectivity index (χ4n) is 2.15. The number of fused-ring (bicyclic) bond motifs is 1. The van der Waals surface area contributed by atoms with Crippen LogP contribution < -0.4 is 5.56 Å². The Labute approximate surface area is 140 Å². The van der Waals surface area contributed by atoms with Crippen LogP contribution in [0, 0.1) is 0 Å². The summed E-state index contributed by atoms with van der Waals surface area (Å²) in [5.74, 6) is -0.480. The van der Waals surface area contributed by atoms with Gasteiger partial charge in [-0.2, -0.15) is 0 Å². The predicted octanol–water partition coefficient (Wildman–Crippen LogP) is 2.90. The molecule has 0 atom stereocenters. The highest BCUT2D eigenvalue weighted by Crippen LogP contribution is 2.11. The third-order valence-electron chi connectivity index (χ3n) is 3.34. The highest BCUT2D eigenvalue weighted by Gasteiger charge is 2.09. The number of carbonyl (C=O) groups excluding carboxylic acids is 1. The average molecular weight is 373 g/mol. The second-order valence-corrected chi connectivity index (χ2v) is 5.90. The van der Waals surface area contributed by atoms with Crippen molar-refractivity contribution >= 4 is 32.8 Å². The van der Waals surface area contributed by atoms with Gasteiger partial charge in [0.2, 0.25) is 0 Å². The summed E-state index contributed by atoms with van der Waals surface area (Å²) < 4.78 is 7.41. The van der Waals surface area contributed by atoms with Gasteiger partial charge in [0.05, 0.1) is 17.2 Å². The van der Waals surface area contributed by atoms with Crippen LogP contribution >= 0.6 is 15.9 Å². The third-order valence-corrected chi connectivity index (χ3v) is 3.87. The first-order valence-corrected chi connectivity index (χ1v) is 7.77. The summed E-state index contributed by atoms with van der Waals surface area (Å²) in [6.07, 6.45) is 1.37. The molecule has 0 spiro atoms. The number of hydrogen-bond acceptors (Lipinski definition) is 4. The van der Waals surface area contributed by atoms with E-state index in [4.69, 9.17) is 4.74 Å². The fraction of sp³-hybridized carbons (Fsp3) is 0.118. The van der Waals surface area contributed by atoms with Crippen molar-refractivity contribution in [2.24, 2.45) is 0 Å². The van der Waals surface area contributed by atoms with Crippen LogP contribution in [0.15, 0.2) is 64.1 Å². The van der Waals surface area contributed by atoms with Crippen LogP contribution in [0.2, 0.25) is 0 Å². The summed E-state index contributed by atoms with van der Waals surface area (Å²) >= 11 is 3.34. The van der Waals surface area contributed by atoms with Gasteiger partial charge in [-0.3, -0.25) is 14.2 Å². The van der Waals surface area contributed by atoms with E-state index in [1.807, 2.05) is 30.3 Å². The monoisotopic (exact) mass is 372 g/mol. The molecular formula is C17H13BrN2O3. The molecule has 0 N–H and O–H groups in total. The lowest BCUT2D eigenvalue weighted by Gasteiger charge is -2.07. The van der Waals surface area contributed by atoms with Gasteiger partial charge in [0.25, 0.3) is 5.56 Å². The van der Waals surface area contributed by atoms with Crippen molar-refractivity contribution in [1.82, 2.24) is 9.55 Å². The zero-order valence-corrected chi connectivity index (χ0v) is 13.7. The van der Waals surface area contributed by atoms with Gasteiger partial charge in [0.1, 0.15) is 13.2 Å². The van der Waals surface area contributed by atoms with E-state index in [0.29, 0.717) is 10.9 Å². The number of benzene rings is 2. The van der Waals surface area contributed by atoms with E-state index in [1.54, 1.807) is 18.2 Å². The normalized spacial score (nSPS) is 10.7. The maximum atomic E-state index is 12.3. The van der Waals surface area contributed by atoms with Crippen molar-refractivity contribution in [3.8, 4) is 0 Å². The minimum Gasteiger partial charge on any atom is -0.459 e. The summed E-state index contributed by atoms with van der Waals surface area (Å²) in [5.41, 5.74) is 1.23. The zero-order chi connectivity index (χ0) is 16.2. The van der Waals surface area contributed by atoms with Gasteiger partial charge in [-0.1, -0.05) is 40.2 Å². The molecule has 0 unspecified atom stereocenters. The topological polar surface area (TPSA) is 61.2 Å². The predicted molar refractivity (Wildman–Crippen MR) is 89.9 cm³/mol. The summed E-state index contributed by atoms with van der Waals surface area (Å²) in [4.78, 5) is 28.4. The van der Waals surface area contributed by atoms with E-state index in [-0.39, 0.29) is 18.7 Å². The molecule has 116 valence electrons. The van der Waals surface area contributed by atoms with Gasteiger partial charge in [-0.25, -0.2) is 4.98 Å². The molecule has 1 aromatic heterocycles. The van der Waals surface area contributed by atoms with E-state index in [9.17, 15) is 9.59 Å². The molecule has 5 nitrogen and oxygen atoms in total. The maximum absolute atomic E-state index is 12.3. The highest BCUT2D eigenvalue weighted by molar-refractivity contribution is 9.10. The Balaban J connectivity index is 1.69. The van der Waals surface area contributed by atoms with Gasteiger partial charge in [-0.15, -0.1) is 0 Å². The lowest BCUT2D eigenvalue weighted by molar-refractivity contribution is -0.145. The molecule has 23 heavy (non-hydrogen) atoms. The summed E-state index contributed by atoms with van der Waals surface area (Å²) in [6.45, 7) is 0.00900.